The molecule has 126 valence electrons. The van der Waals surface area contributed by atoms with Crippen molar-refractivity contribution in [2.75, 3.05) is 13.1 Å². The van der Waals surface area contributed by atoms with Crippen LogP contribution < -0.4 is 0 Å². The third-order valence-electron chi connectivity index (χ3n) is 5.90. The first-order valence-electron chi connectivity index (χ1n) is 9.21. The smallest absolute Gasteiger partial charge is 0.219 e. The number of amides is 1. The molecule has 0 bridgehead atoms. The molecule has 0 radical (unpaired) electrons. The normalized spacial score (nSPS) is 23.6. The van der Waals surface area contributed by atoms with Gasteiger partial charge in [0.05, 0.1) is 0 Å². The highest BCUT2D eigenvalue weighted by atomic mass is 16.2. The Morgan fingerprint density at radius 3 is 2.52 bits per heavy atom. The van der Waals surface area contributed by atoms with Crippen molar-refractivity contribution < 1.29 is 4.79 Å². The van der Waals surface area contributed by atoms with Crippen LogP contribution in [-0.4, -0.2) is 40.4 Å². The monoisotopic (exact) mass is 314 g/mol. The van der Waals surface area contributed by atoms with Crippen molar-refractivity contribution >= 4 is 5.91 Å². The highest BCUT2D eigenvalue weighted by molar-refractivity contribution is 5.74. The van der Waals surface area contributed by atoms with E-state index in [1.54, 1.807) is 6.92 Å². The van der Waals surface area contributed by atoms with Gasteiger partial charge in [-0.05, 0) is 31.4 Å². The van der Waals surface area contributed by atoms with Crippen LogP contribution in [0.1, 0.15) is 57.9 Å². The average Bonchev–Trinajstić information content (AvgIpc) is 2.93. The van der Waals surface area contributed by atoms with Crippen LogP contribution in [0.15, 0.2) is 30.3 Å². The number of hydrogen-bond donors (Lipinski definition) is 0. The van der Waals surface area contributed by atoms with E-state index in [-0.39, 0.29) is 11.4 Å². The van der Waals surface area contributed by atoms with E-state index in [1.165, 1.54) is 37.7 Å². The maximum absolute atomic E-state index is 12.2. The molecule has 1 atom stereocenters. The lowest BCUT2D eigenvalue weighted by Gasteiger charge is -2.41. The molecule has 1 aliphatic carbocycles. The van der Waals surface area contributed by atoms with Crippen LogP contribution in [0, 0.1) is 0 Å². The molecule has 1 saturated carbocycles. The van der Waals surface area contributed by atoms with Gasteiger partial charge < -0.3 is 4.90 Å². The van der Waals surface area contributed by atoms with Crippen LogP contribution in [0.2, 0.25) is 0 Å². The summed E-state index contributed by atoms with van der Waals surface area (Å²) in [6, 6.07) is 11.2. The first-order chi connectivity index (χ1) is 11.1. The van der Waals surface area contributed by atoms with Gasteiger partial charge in [-0.15, -0.1) is 0 Å². The molecule has 1 aromatic carbocycles. The first kappa shape index (κ1) is 16.5. The Bertz CT molecular complexity index is 522. The minimum atomic E-state index is 0.152. The molecule has 0 aromatic heterocycles. The maximum atomic E-state index is 12.2. The van der Waals surface area contributed by atoms with Crippen LogP contribution in [-0.2, 0) is 11.3 Å². The zero-order valence-corrected chi connectivity index (χ0v) is 14.6. The van der Waals surface area contributed by atoms with E-state index in [1.807, 2.05) is 0 Å². The Balaban J connectivity index is 1.75. The van der Waals surface area contributed by atoms with Crippen LogP contribution in [0.25, 0.3) is 0 Å². The largest absolute Gasteiger partial charge is 0.336 e. The molecule has 3 rings (SSSR count). The SMILES string of the molecule is CCN(Cc1ccccc1)[C@@H]1CN(C(C)=O)C2(CCCCC2)C1. The molecule has 0 unspecified atom stereocenters. The molecule has 1 amide bonds. The summed E-state index contributed by atoms with van der Waals surface area (Å²) in [5, 5.41) is 0. The van der Waals surface area contributed by atoms with Gasteiger partial charge in [-0.1, -0.05) is 56.5 Å². The quantitative estimate of drug-likeness (QED) is 0.843. The lowest BCUT2D eigenvalue weighted by molar-refractivity contribution is -0.134. The fraction of sp³-hybridized carbons (Fsp3) is 0.650. The van der Waals surface area contributed by atoms with E-state index in [0.717, 1.165) is 26.1 Å². The van der Waals surface area contributed by atoms with Gasteiger partial charge in [0, 0.05) is 31.6 Å². The van der Waals surface area contributed by atoms with Gasteiger partial charge in [0.25, 0.3) is 0 Å². The molecule has 1 spiro atoms. The Morgan fingerprint density at radius 1 is 1.22 bits per heavy atom. The van der Waals surface area contributed by atoms with E-state index in [0.29, 0.717) is 6.04 Å². The molecular formula is C20H30N2O. The molecule has 1 saturated heterocycles. The predicted octanol–water partition coefficient (Wildman–Crippen LogP) is 3.83. The van der Waals surface area contributed by atoms with Crippen molar-refractivity contribution in [3.8, 4) is 0 Å². The Kier molecular flexibility index (Phi) is 5.05. The molecular weight excluding hydrogens is 284 g/mol. The minimum Gasteiger partial charge on any atom is -0.336 e. The lowest BCUT2D eigenvalue weighted by atomic mass is 9.79. The third kappa shape index (κ3) is 3.45. The van der Waals surface area contributed by atoms with E-state index in [4.69, 9.17) is 0 Å². The van der Waals surface area contributed by atoms with Gasteiger partial charge in [0.1, 0.15) is 0 Å². The molecule has 0 N–H and O–H groups in total. The summed E-state index contributed by atoms with van der Waals surface area (Å²) in [5.74, 6) is 0.269. The highest BCUT2D eigenvalue weighted by Gasteiger charge is 2.48. The second-order valence-electron chi connectivity index (χ2n) is 7.32. The lowest BCUT2D eigenvalue weighted by Crippen LogP contribution is -2.47. The molecule has 3 heteroatoms. The van der Waals surface area contributed by atoms with Crippen molar-refractivity contribution in [3.05, 3.63) is 35.9 Å². The van der Waals surface area contributed by atoms with Gasteiger partial charge in [0.15, 0.2) is 0 Å². The number of carbonyl (C=O) groups is 1. The Hall–Kier alpha value is -1.35. The van der Waals surface area contributed by atoms with E-state index in [9.17, 15) is 4.79 Å². The maximum Gasteiger partial charge on any atom is 0.219 e. The van der Waals surface area contributed by atoms with Gasteiger partial charge in [0.2, 0.25) is 5.91 Å². The molecule has 3 nitrogen and oxygen atoms in total. The van der Waals surface area contributed by atoms with Crippen molar-refractivity contribution in [1.82, 2.24) is 9.80 Å². The number of hydrogen-bond acceptors (Lipinski definition) is 2. The fourth-order valence-electron chi connectivity index (χ4n) is 4.73. The van der Waals surface area contributed by atoms with Crippen molar-refractivity contribution in [3.63, 3.8) is 0 Å². The molecule has 1 heterocycles. The summed E-state index contributed by atoms with van der Waals surface area (Å²) in [6.45, 7) is 6.94. The van der Waals surface area contributed by atoms with Gasteiger partial charge >= 0.3 is 0 Å². The van der Waals surface area contributed by atoms with Crippen LogP contribution in [0.3, 0.4) is 0 Å². The van der Waals surface area contributed by atoms with Gasteiger partial charge in [-0.2, -0.15) is 0 Å². The number of benzene rings is 1. The molecule has 2 fully saturated rings. The third-order valence-corrected chi connectivity index (χ3v) is 5.90. The van der Waals surface area contributed by atoms with Crippen LogP contribution >= 0.6 is 0 Å². The van der Waals surface area contributed by atoms with E-state index in [2.05, 4.69) is 47.1 Å². The summed E-state index contributed by atoms with van der Waals surface area (Å²) in [4.78, 5) is 17.0. The Morgan fingerprint density at radius 2 is 1.91 bits per heavy atom. The topological polar surface area (TPSA) is 23.6 Å². The van der Waals surface area contributed by atoms with Gasteiger partial charge in [-0.25, -0.2) is 0 Å². The molecule has 2 aliphatic rings. The summed E-state index contributed by atoms with van der Waals surface area (Å²) >= 11 is 0. The highest BCUT2D eigenvalue weighted by Crippen LogP contribution is 2.43. The fourth-order valence-corrected chi connectivity index (χ4v) is 4.73. The number of nitrogens with zero attached hydrogens (tertiary/aromatic N) is 2. The Labute approximate surface area is 140 Å². The molecule has 1 aromatic rings. The van der Waals surface area contributed by atoms with Crippen LogP contribution in [0.5, 0.6) is 0 Å². The number of carbonyl (C=O) groups excluding carboxylic acids is 1. The molecule has 23 heavy (non-hydrogen) atoms. The van der Waals surface area contributed by atoms with Crippen LogP contribution in [0.4, 0.5) is 0 Å². The summed E-state index contributed by atoms with van der Waals surface area (Å²) < 4.78 is 0. The minimum absolute atomic E-state index is 0.152. The van der Waals surface area contributed by atoms with Crippen molar-refractivity contribution in [2.24, 2.45) is 0 Å². The average molecular weight is 314 g/mol. The number of likely N-dealkylation sites (tertiary alicyclic amines) is 1. The number of likely N-dealkylation sites (N-methyl/N-ethyl adjacent to an activating group) is 1. The summed E-state index contributed by atoms with van der Waals surface area (Å²) in [5.41, 5.74) is 1.52. The second-order valence-corrected chi connectivity index (χ2v) is 7.32. The zero-order chi connectivity index (χ0) is 16.3. The van der Waals surface area contributed by atoms with Crippen molar-refractivity contribution in [1.29, 1.82) is 0 Å². The van der Waals surface area contributed by atoms with Crippen molar-refractivity contribution in [2.45, 2.75) is 70.5 Å². The van der Waals surface area contributed by atoms with Gasteiger partial charge in [-0.3, -0.25) is 9.69 Å². The second kappa shape index (κ2) is 7.04. The first-order valence-corrected chi connectivity index (χ1v) is 9.21. The number of rotatable bonds is 4. The summed E-state index contributed by atoms with van der Waals surface area (Å²) in [6.07, 6.45) is 7.45. The standard InChI is InChI=1S/C20H30N2O/c1-3-21(15-18-10-6-4-7-11-18)19-14-20(12-8-5-9-13-20)22(16-19)17(2)23/h4,6-7,10-11,19H,3,5,8-9,12-16H2,1-2H3/t19-/m0/s1. The van der Waals surface area contributed by atoms with E-state index >= 15 is 0 Å². The molecule has 1 aliphatic heterocycles. The summed E-state index contributed by atoms with van der Waals surface area (Å²) in [7, 11) is 0. The zero-order valence-electron chi connectivity index (χ0n) is 14.6. The predicted molar refractivity (Wildman–Crippen MR) is 94.1 cm³/mol. The van der Waals surface area contributed by atoms with E-state index < -0.39 is 0 Å².